The third-order valence-electron chi connectivity index (χ3n) is 3.02. The second-order valence-corrected chi connectivity index (χ2v) is 4.90. The molecular formula is C15H20N2O2. The van der Waals surface area contributed by atoms with Crippen LogP contribution in [0.15, 0.2) is 24.3 Å². The van der Waals surface area contributed by atoms with Crippen LogP contribution in [0.5, 0.6) is 0 Å². The second kappa shape index (κ2) is 7.55. The Hall–Kier alpha value is -1.86. The van der Waals surface area contributed by atoms with Crippen LogP contribution in [0.3, 0.4) is 0 Å². The SMILES string of the molecule is CC(C)C(O)CNC(=O)Cc1ccccc1CC#N. The fraction of sp³-hybridized carbons (Fsp3) is 0.467. The van der Waals surface area contributed by atoms with Crippen molar-refractivity contribution in [2.45, 2.75) is 32.8 Å². The lowest BCUT2D eigenvalue weighted by Gasteiger charge is -2.15. The highest BCUT2D eigenvalue weighted by Crippen LogP contribution is 2.10. The van der Waals surface area contributed by atoms with Gasteiger partial charge in [0, 0.05) is 6.54 Å². The molecule has 0 aliphatic carbocycles. The summed E-state index contributed by atoms with van der Waals surface area (Å²) in [5.41, 5.74) is 1.74. The predicted molar refractivity (Wildman–Crippen MR) is 73.3 cm³/mol. The Balaban J connectivity index is 2.55. The van der Waals surface area contributed by atoms with Crippen LogP contribution in [0.25, 0.3) is 0 Å². The topological polar surface area (TPSA) is 73.1 Å². The summed E-state index contributed by atoms with van der Waals surface area (Å²) in [5.74, 6) is -0.0173. The highest BCUT2D eigenvalue weighted by Gasteiger charge is 2.12. The van der Waals surface area contributed by atoms with E-state index in [1.54, 1.807) is 0 Å². The Morgan fingerprint density at radius 3 is 2.58 bits per heavy atom. The highest BCUT2D eigenvalue weighted by molar-refractivity contribution is 5.79. The van der Waals surface area contributed by atoms with Crippen LogP contribution in [0.1, 0.15) is 25.0 Å². The van der Waals surface area contributed by atoms with E-state index in [1.165, 1.54) is 0 Å². The normalized spacial score (nSPS) is 11.9. The first-order valence-corrected chi connectivity index (χ1v) is 6.43. The van der Waals surface area contributed by atoms with Crippen LogP contribution < -0.4 is 5.32 Å². The fourth-order valence-corrected chi connectivity index (χ4v) is 1.68. The lowest BCUT2D eigenvalue weighted by atomic mass is 10.0. The van der Waals surface area contributed by atoms with Gasteiger partial charge in [-0.3, -0.25) is 4.79 Å². The van der Waals surface area contributed by atoms with E-state index >= 15 is 0 Å². The van der Waals surface area contributed by atoms with E-state index in [4.69, 9.17) is 5.26 Å². The van der Waals surface area contributed by atoms with E-state index in [-0.39, 0.29) is 24.8 Å². The average molecular weight is 260 g/mol. The molecule has 0 saturated carbocycles. The van der Waals surface area contributed by atoms with Gasteiger partial charge in [0.1, 0.15) is 0 Å². The molecule has 0 saturated heterocycles. The van der Waals surface area contributed by atoms with Crippen molar-refractivity contribution in [3.63, 3.8) is 0 Å². The molecule has 0 bridgehead atoms. The Bertz CT molecular complexity index is 463. The summed E-state index contributed by atoms with van der Waals surface area (Å²) in [5, 5.41) is 21.1. The van der Waals surface area contributed by atoms with E-state index in [0.717, 1.165) is 11.1 Å². The molecule has 1 unspecified atom stereocenters. The molecule has 0 fully saturated rings. The zero-order valence-electron chi connectivity index (χ0n) is 11.4. The first kappa shape index (κ1) is 15.2. The number of carbonyl (C=O) groups excluding carboxylic acids is 1. The Kier molecular flexibility index (Phi) is 6.04. The number of nitriles is 1. The minimum Gasteiger partial charge on any atom is -0.391 e. The van der Waals surface area contributed by atoms with E-state index in [2.05, 4.69) is 11.4 Å². The Morgan fingerprint density at radius 1 is 1.37 bits per heavy atom. The predicted octanol–water partition coefficient (Wildman–Crippen LogP) is 1.43. The van der Waals surface area contributed by atoms with Gasteiger partial charge >= 0.3 is 0 Å². The molecule has 0 spiro atoms. The second-order valence-electron chi connectivity index (χ2n) is 4.90. The highest BCUT2D eigenvalue weighted by atomic mass is 16.3. The van der Waals surface area contributed by atoms with Gasteiger partial charge in [0.25, 0.3) is 0 Å². The standard InChI is InChI=1S/C15H20N2O2/c1-11(2)14(18)10-17-15(19)9-13-6-4-3-5-12(13)7-8-16/h3-6,11,14,18H,7,9-10H2,1-2H3,(H,17,19). The fourth-order valence-electron chi connectivity index (χ4n) is 1.68. The monoisotopic (exact) mass is 260 g/mol. The van der Waals surface area contributed by atoms with Crippen molar-refractivity contribution < 1.29 is 9.90 Å². The van der Waals surface area contributed by atoms with Gasteiger partial charge in [-0.15, -0.1) is 0 Å². The minimum atomic E-state index is -0.529. The van der Waals surface area contributed by atoms with Gasteiger partial charge in [-0.2, -0.15) is 5.26 Å². The number of amides is 1. The van der Waals surface area contributed by atoms with Crippen LogP contribution in [0.4, 0.5) is 0 Å². The molecule has 19 heavy (non-hydrogen) atoms. The molecule has 1 atom stereocenters. The lowest BCUT2D eigenvalue weighted by molar-refractivity contribution is -0.121. The number of hydrogen-bond donors (Lipinski definition) is 2. The first-order chi connectivity index (χ1) is 9.04. The van der Waals surface area contributed by atoms with Gasteiger partial charge in [0.05, 0.1) is 25.0 Å². The van der Waals surface area contributed by atoms with Gasteiger partial charge in [-0.05, 0) is 17.0 Å². The molecule has 0 aromatic heterocycles. The number of hydrogen-bond acceptors (Lipinski definition) is 3. The number of nitrogens with zero attached hydrogens (tertiary/aromatic N) is 1. The van der Waals surface area contributed by atoms with Gasteiger partial charge in [-0.1, -0.05) is 38.1 Å². The van der Waals surface area contributed by atoms with Crippen molar-refractivity contribution in [1.29, 1.82) is 5.26 Å². The van der Waals surface area contributed by atoms with Crippen molar-refractivity contribution in [3.05, 3.63) is 35.4 Å². The van der Waals surface area contributed by atoms with E-state index in [0.29, 0.717) is 6.42 Å². The van der Waals surface area contributed by atoms with Crippen molar-refractivity contribution in [3.8, 4) is 6.07 Å². The molecule has 0 aliphatic heterocycles. The summed E-state index contributed by atoms with van der Waals surface area (Å²) < 4.78 is 0. The molecule has 2 N–H and O–H groups in total. The third-order valence-corrected chi connectivity index (χ3v) is 3.02. The molecule has 0 aliphatic rings. The largest absolute Gasteiger partial charge is 0.391 e. The van der Waals surface area contributed by atoms with Crippen molar-refractivity contribution in [2.24, 2.45) is 5.92 Å². The van der Waals surface area contributed by atoms with Gasteiger partial charge < -0.3 is 10.4 Å². The Labute approximate surface area is 114 Å². The molecule has 1 rings (SSSR count). The van der Waals surface area contributed by atoms with Crippen LogP contribution >= 0.6 is 0 Å². The van der Waals surface area contributed by atoms with Crippen LogP contribution in [0, 0.1) is 17.2 Å². The summed E-state index contributed by atoms with van der Waals surface area (Å²) >= 11 is 0. The number of nitrogens with one attached hydrogen (secondary N) is 1. The molecule has 4 heteroatoms. The summed E-state index contributed by atoms with van der Waals surface area (Å²) in [6.07, 6.45) is 0.0131. The molecule has 102 valence electrons. The molecule has 0 radical (unpaired) electrons. The summed E-state index contributed by atoms with van der Waals surface area (Å²) in [4.78, 5) is 11.8. The summed E-state index contributed by atoms with van der Waals surface area (Å²) in [7, 11) is 0. The molecular weight excluding hydrogens is 240 g/mol. The van der Waals surface area contributed by atoms with Crippen molar-refractivity contribution >= 4 is 5.91 Å². The van der Waals surface area contributed by atoms with E-state index in [1.807, 2.05) is 38.1 Å². The van der Waals surface area contributed by atoms with Crippen molar-refractivity contribution in [1.82, 2.24) is 5.32 Å². The molecule has 0 heterocycles. The first-order valence-electron chi connectivity index (χ1n) is 6.43. The van der Waals surface area contributed by atoms with Gasteiger partial charge in [0.2, 0.25) is 5.91 Å². The lowest BCUT2D eigenvalue weighted by Crippen LogP contribution is -2.35. The average Bonchev–Trinajstić information content (AvgIpc) is 2.38. The Morgan fingerprint density at radius 2 is 2.00 bits per heavy atom. The maximum atomic E-state index is 11.8. The number of carbonyl (C=O) groups is 1. The smallest absolute Gasteiger partial charge is 0.224 e. The number of benzene rings is 1. The quantitative estimate of drug-likeness (QED) is 0.812. The maximum absolute atomic E-state index is 11.8. The zero-order valence-corrected chi connectivity index (χ0v) is 11.4. The van der Waals surface area contributed by atoms with Crippen LogP contribution in [0.2, 0.25) is 0 Å². The molecule has 1 aromatic rings. The van der Waals surface area contributed by atoms with E-state index < -0.39 is 6.10 Å². The molecule has 4 nitrogen and oxygen atoms in total. The molecule has 1 aromatic carbocycles. The number of aliphatic hydroxyl groups is 1. The van der Waals surface area contributed by atoms with Gasteiger partial charge in [-0.25, -0.2) is 0 Å². The van der Waals surface area contributed by atoms with Crippen LogP contribution in [-0.2, 0) is 17.6 Å². The zero-order chi connectivity index (χ0) is 14.3. The number of aliphatic hydroxyl groups excluding tert-OH is 1. The summed E-state index contributed by atoms with van der Waals surface area (Å²) in [6, 6.07) is 9.51. The molecule has 1 amide bonds. The third kappa shape index (κ3) is 5.11. The van der Waals surface area contributed by atoms with Crippen LogP contribution in [-0.4, -0.2) is 23.7 Å². The van der Waals surface area contributed by atoms with E-state index in [9.17, 15) is 9.90 Å². The minimum absolute atomic E-state index is 0.117. The maximum Gasteiger partial charge on any atom is 0.224 e. The van der Waals surface area contributed by atoms with Crippen molar-refractivity contribution in [2.75, 3.05) is 6.54 Å². The number of rotatable bonds is 6. The van der Waals surface area contributed by atoms with Gasteiger partial charge in [0.15, 0.2) is 0 Å². The summed E-state index contributed by atoms with van der Waals surface area (Å²) in [6.45, 7) is 4.06.